The maximum atomic E-state index is 12.5. The molecule has 6 nitrogen and oxygen atoms in total. The van der Waals surface area contributed by atoms with Crippen molar-refractivity contribution in [2.75, 3.05) is 38.5 Å². The number of hydrogen-bond acceptors (Lipinski definition) is 3. The molecule has 4 rings (SSSR count). The lowest BCUT2D eigenvalue weighted by molar-refractivity contribution is 0.215. The number of rotatable bonds is 1. The zero-order chi connectivity index (χ0) is 16.1. The third kappa shape index (κ3) is 2.47. The molecule has 2 aliphatic heterocycles. The summed E-state index contributed by atoms with van der Waals surface area (Å²) in [7, 11) is 4.09. The van der Waals surface area contributed by atoms with Crippen LogP contribution in [0.4, 0.5) is 10.5 Å². The second-order valence-corrected chi connectivity index (χ2v) is 7.02. The Balaban J connectivity index is 1.48. The number of urea groups is 1. The van der Waals surface area contributed by atoms with Gasteiger partial charge in [-0.2, -0.15) is 5.10 Å². The van der Waals surface area contributed by atoms with E-state index < -0.39 is 0 Å². The average molecular weight is 313 g/mol. The number of likely N-dealkylation sites (tertiary alicyclic amines) is 2. The van der Waals surface area contributed by atoms with Gasteiger partial charge in [-0.25, -0.2) is 4.79 Å². The summed E-state index contributed by atoms with van der Waals surface area (Å²) in [5.74, 6) is 1.26. The molecule has 2 saturated heterocycles. The van der Waals surface area contributed by atoms with Crippen LogP contribution in [-0.4, -0.2) is 58.8 Å². The van der Waals surface area contributed by atoms with Gasteiger partial charge in [0.2, 0.25) is 0 Å². The number of hydrogen-bond donors (Lipinski definition) is 1. The topological polar surface area (TPSA) is 53.4 Å². The molecule has 0 bridgehead atoms. The van der Waals surface area contributed by atoms with Crippen LogP contribution in [0.5, 0.6) is 0 Å². The largest absolute Gasteiger partial charge is 0.324 e. The third-order valence-electron chi connectivity index (χ3n) is 5.24. The Labute approximate surface area is 136 Å². The summed E-state index contributed by atoms with van der Waals surface area (Å²) in [6.07, 6.45) is 0. The first-order chi connectivity index (χ1) is 11.0. The van der Waals surface area contributed by atoms with Gasteiger partial charge in [0.1, 0.15) is 0 Å². The molecule has 23 heavy (non-hydrogen) atoms. The molecule has 6 heteroatoms. The number of fused-ring (bicyclic) bond motifs is 2. The normalized spacial score (nSPS) is 24.4. The number of nitrogens with one attached hydrogen (secondary N) is 1. The number of aromatic nitrogens is 2. The smallest absolute Gasteiger partial charge is 0.321 e. The van der Waals surface area contributed by atoms with Crippen molar-refractivity contribution in [1.82, 2.24) is 19.6 Å². The van der Waals surface area contributed by atoms with Gasteiger partial charge in [-0.05, 0) is 44.0 Å². The molecule has 1 aromatic heterocycles. The molecule has 0 spiro atoms. The van der Waals surface area contributed by atoms with E-state index in [0.717, 1.165) is 48.5 Å². The van der Waals surface area contributed by atoms with Gasteiger partial charge in [-0.1, -0.05) is 0 Å². The highest BCUT2D eigenvalue weighted by atomic mass is 16.2. The van der Waals surface area contributed by atoms with Crippen LogP contribution < -0.4 is 5.32 Å². The fraction of sp³-hybridized carbons (Fsp3) is 0.529. The lowest BCUT2D eigenvalue weighted by Gasteiger charge is -2.20. The van der Waals surface area contributed by atoms with Gasteiger partial charge < -0.3 is 15.1 Å². The summed E-state index contributed by atoms with van der Waals surface area (Å²) in [4.78, 5) is 16.9. The van der Waals surface area contributed by atoms with Crippen LogP contribution >= 0.6 is 0 Å². The van der Waals surface area contributed by atoms with Gasteiger partial charge in [-0.3, -0.25) is 4.68 Å². The van der Waals surface area contributed by atoms with Gasteiger partial charge in [0.25, 0.3) is 0 Å². The van der Waals surface area contributed by atoms with Crippen molar-refractivity contribution < 1.29 is 4.79 Å². The Bertz CT molecular complexity index is 754. The lowest BCUT2D eigenvalue weighted by Crippen LogP contribution is -2.35. The van der Waals surface area contributed by atoms with Gasteiger partial charge in [0, 0.05) is 44.3 Å². The number of nitrogens with zero attached hydrogens (tertiary/aromatic N) is 4. The Kier molecular flexibility index (Phi) is 3.30. The molecule has 2 atom stereocenters. The Morgan fingerprint density at radius 2 is 1.87 bits per heavy atom. The summed E-state index contributed by atoms with van der Waals surface area (Å²) in [6, 6.07) is 6.00. The predicted octanol–water partition coefficient (Wildman–Crippen LogP) is 1.91. The molecule has 2 amide bonds. The van der Waals surface area contributed by atoms with Crippen molar-refractivity contribution in [2.45, 2.75) is 6.92 Å². The predicted molar refractivity (Wildman–Crippen MR) is 90.5 cm³/mol. The van der Waals surface area contributed by atoms with E-state index in [1.54, 1.807) is 0 Å². The number of anilines is 1. The minimum atomic E-state index is 0.0142. The van der Waals surface area contributed by atoms with Crippen molar-refractivity contribution >= 4 is 22.6 Å². The molecular weight excluding hydrogens is 290 g/mol. The standard InChI is InChI=1S/C17H23N5O/c1-11-15-5-4-14(6-16(15)21(3)19-11)18-17(23)22-9-12-7-20(2)8-13(12)10-22/h4-6,12-13H,7-10H2,1-3H3,(H,18,23)/t12-,13+. The summed E-state index contributed by atoms with van der Waals surface area (Å²) >= 11 is 0. The Morgan fingerprint density at radius 3 is 2.57 bits per heavy atom. The van der Waals surface area contributed by atoms with Crippen molar-refractivity contribution in [2.24, 2.45) is 18.9 Å². The fourth-order valence-corrected chi connectivity index (χ4v) is 4.11. The molecule has 3 heterocycles. The molecule has 0 radical (unpaired) electrons. The van der Waals surface area contributed by atoms with E-state index in [1.807, 2.05) is 41.8 Å². The van der Waals surface area contributed by atoms with E-state index in [-0.39, 0.29) is 6.03 Å². The minimum absolute atomic E-state index is 0.0142. The third-order valence-corrected chi connectivity index (χ3v) is 5.24. The highest BCUT2D eigenvalue weighted by Gasteiger charge is 2.40. The number of aryl methyl sites for hydroxylation is 2. The molecule has 0 saturated carbocycles. The van der Waals surface area contributed by atoms with Crippen molar-refractivity contribution in [3.05, 3.63) is 23.9 Å². The molecule has 0 aliphatic carbocycles. The van der Waals surface area contributed by atoms with E-state index in [1.165, 1.54) is 0 Å². The number of carbonyl (C=O) groups is 1. The monoisotopic (exact) mass is 313 g/mol. The maximum absolute atomic E-state index is 12.5. The number of carbonyl (C=O) groups excluding carboxylic acids is 1. The second kappa shape index (κ2) is 5.23. The first kappa shape index (κ1) is 14.5. The van der Waals surface area contributed by atoms with Crippen LogP contribution in [0, 0.1) is 18.8 Å². The molecular formula is C17H23N5O. The summed E-state index contributed by atoms with van der Waals surface area (Å²) < 4.78 is 1.86. The molecule has 2 aromatic rings. The first-order valence-electron chi connectivity index (χ1n) is 8.19. The van der Waals surface area contributed by atoms with Crippen molar-refractivity contribution in [3.63, 3.8) is 0 Å². The van der Waals surface area contributed by atoms with E-state index in [2.05, 4.69) is 22.4 Å². The fourth-order valence-electron chi connectivity index (χ4n) is 4.11. The maximum Gasteiger partial charge on any atom is 0.321 e. The van der Waals surface area contributed by atoms with Crippen molar-refractivity contribution in [1.29, 1.82) is 0 Å². The van der Waals surface area contributed by atoms with Crippen molar-refractivity contribution in [3.8, 4) is 0 Å². The van der Waals surface area contributed by atoms with Crippen LogP contribution in [0.15, 0.2) is 18.2 Å². The molecule has 122 valence electrons. The zero-order valence-electron chi connectivity index (χ0n) is 13.9. The Morgan fingerprint density at radius 1 is 1.17 bits per heavy atom. The molecule has 2 fully saturated rings. The summed E-state index contributed by atoms with van der Waals surface area (Å²) in [6.45, 7) is 5.95. The summed E-state index contributed by atoms with van der Waals surface area (Å²) in [5, 5.41) is 8.60. The van der Waals surface area contributed by atoms with Crippen LogP contribution in [0.3, 0.4) is 0 Å². The van der Waals surface area contributed by atoms with E-state index >= 15 is 0 Å². The van der Waals surface area contributed by atoms with E-state index in [4.69, 9.17) is 0 Å². The second-order valence-electron chi connectivity index (χ2n) is 7.02. The van der Waals surface area contributed by atoms with Crippen LogP contribution in [0.2, 0.25) is 0 Å². The van der Waals surface area contributed by atoms with Crippen LogP contribution in [0.1, 0.15) is 5.69 Å². The lowest BCUT2D eigenvalue weighted by atomic mass is 10.0. The average Bonchev–Trinajstić information content (AvgIpc) is 3.11. The van der Waals surface area contributed by atoms with Gasteiger partial charge in [0.05, 0.1) is 11.2 Å². The van der Waals surface area contributed by atoms with Crippen LogP contribution in [-0.2, 0) is 7.05 Å². The van der Waals surface area contributed by atoms with E-state index in [0.29, 0.717) is 11.8 Å². The zero-order valence-corrected chi connectivity index (χ0v) is 13.9. The highest BCUT2D eigenvalue weighted by molar-refractivity contribution is 5.93. The molecule has 0 unspecified atom stereocenters. The first-order valence-corrected chi connectivity index (χ1v) is 8.19. The van der Waals surface area contributed by atoms with E-state index in [9.17, 15) is 4.79 Å². The molecule has 1 aromatic carbocycles. The highest BCUT2D eigenvalue weighted by Crippen LogP contribution is 2.30. The Hall–Kier alpha value is -2.08. The van der Waals surface area contributed by atoms with Gasteiger partial charge in [0.15, 0.2) is 0 Å². The van der Waals surface area contributed by atoms with Gasteiger partial charge in [-0.15, -0.1) is 0 Å². The van der Waals surface area contributed by atoms with Gasteiger partial charge >= 0.3 is 6.03 Å². The number of amides is 2. The molecule has 2 aliphatic rings. The van der Waals surface area contributed by atoms with Crippen LogP contribution in [0.25, 0.3) is 10.9 Å². The minimum Gasteiger partial charge on any atom is -0.324 e. The SMILES string of the molecule is Cc1nn(C)c2cc(NC(=O)N3C[C@H]4CN(C)C[C@H]4C3)ccc12. The number of benzene rings is 1. The summed E-state index contributed by atoms with van der Waals surface area (Å²) in [5.41, 5.74) is 2.89. The molecule has 1 N–H and O–H groups in total. The quantitative estimate of drug-likeness (QED) is 0.875.